The Bertz CT molecular complexity index is 1310. The summed E-state index contributed by atoms with van der Waals surface area (Å²) in [6.07, 6.45) is 1.33. The van der Waals surface area contributed by atoms with Crippen molar-refractivity contribution in [2.24, 2.45) is 5.41 Å². The molecule has 0 saturated heterocycles. The van der Waals surface area contributed by atoms with E-state index >= 15 is 4.39 Å². The van der Waals surface area contributed by atoms with E-state index in [2.05, 4.69) is 10.3 Å². The minimum atomic E-state index is -1.11. The molecule has 0 unspecified atom stereocenters. The first-order valence-corrected chi connectivity index (χ1v) is 12.5. The minimum Gasteiger partial charge on any atom is -0.478 e. The van der Waals surface area contributed by atoms with Crippen LogP contribution < -0.4 is 5.32 Å². The predicted molar refractivity (Wildman–Crippen MR) is 142 cm³/mol. The van der Waals surface area contributed by atoms with Crippen LogP contribution in [0.3, 0.4) is 0 Å². The van der Waals surface area contributed by atoms with Gasteiger partial charge in [-0.15, -0.1) is 11.3 Å². The normalized spacial score (nSPS) is 12.0. The number of nitrogens with zero attached hydrogens (tertiary/aromatic N) is 1. The van der Waals surface area contributed by atoms with Crippen molar-refractivity contribution in [1.29, 1.82) is 0 Å². The third-order valence-corrected chi connectivity index (χ3v) is 6.29. The lowest BCUT2D eigenvalue weighted by Gasteiger charge is -2.18. The standard InChI is InChI=1S/C26H25Cl2FN2O4S/c1-14(24(33)34)8-18-19(27)9-16(10-20(18)28)23(32)31-25-30-21(12-36-25)17-7-5-6-15(22(17)29)11-35-13-26(2,3)4/h5-10,12H,11,13H2,1-4H3,(H,33,34)(H,30,31,32). The lowest BCUT2D eigenvalue weighted by molar-refractivity contribution is -0.132. The number of thiazole rings is 1. The number of carbonyl (C=O) groups is 2. The van der Waals surface area contributed by atoms with Gasteiger partial charge in [0, 0.05) is 33.2 Å². The van der Waals surface area contributed by atoms with E-state index in [1.54, 1.807) is 23.6 Å². The third-order valence-electron chi connectivity index (χ3n) is 4.91. The number of ether oxygens (including phenoxy) is 1. The van der Waals surface area contributed by atoms with Gasteiger partial charge in [0.2, 0.25) is 0 Å². The van der Waals surface area contributed by atoms with Gasteiger partial charge in [-0.3, -0.25) is 10.1 Å². The molecule has 190 valence electrons. The largest absolute Gasteiger partial charge is 0.478 e. The van der Waals surface area contributed by atoms with Gasteiger partial charge in [0.25, 0.3) is 5.91 Å². The van der Waals surface area contributed by atoms with Gasteiger partial charge in [0.05, 0.1) is 29.0 Å². The van der Waals surface area contributed by atoms with Crippen molar-refractivity contribution in [1.82, 2.24) is 4.98 Å². The van der Waals surface area contributed by atoms with E-state index in [1.165, 1.54) is 25.1 Å². The number of amides is 1. The van der Waals surface area contributed by atoms with Crippen molar-refractivity contribution in [3.05, 3.63) is 73.8 Å². The molecule has 0 aliphatic heterocycles. The molecule has 0 aliphatic carbocycles. The number of halogens is 3. The molecule has 0 atom stereocenters. The molecule has 10 heteroatoms. The lowest BCUT2D eigenvalue weighted by atomic mass is 9.99. The summed E-state index contributed by atoms with van der Waals surface area (Å²) in [5, 5.41) is 13.9. The smallest absolute Gasteiger partial charge is 0.331 e. The van der Waals surface area contributed by atoms with Crippen LogP contribution in [0.25, 0.3) is 17.3 Å². The van der Waals surface area contributed by atoms with Gasteiger partial charge in [0.1, 0.15) is 5.82 Å². The molecular weight excluding hydrogens is 526 g/mol. The number of rotatable bonds is 8. The Kier molecular flexibility index (Phi) is 8.89. The number of carbonyl (C=O) groups excluding carboxylic acids is 1. The number of aromatic nitrogens is 1. The highest BCUT2D eigenvalue weighted by Gasteiger charge is 2.18. The van der Waals surface area contributed by atoms with Crippen molar-refractivity contribution in [3.63, 3.8) is 0 Å². The second kappa shape index (κ2) is 11.5. The zero-order chi connectivity index (χ0) is 26.6. The van der Waals surface area contributed by atoms with Gasteiger partial charge in [-0.05, 0) is 36.6 Å². The average Bonchev–Trinajstić information content (AvgIpc) is 3.24. The van der Waals surface area contributed by atoms with Gasteiger partial charge >= 0.3 is 5.97 Å². The fourth-order valence-corrected chi connectivity index (χ4v) is 4.41. The van der Waals surface area contributed by atoms with Gasteiger partial charge in [-0.2, -0.15) is 0 Å². The van der Waals surface area contributed by atoms with Crippen LogP contribution >= 0.6 is 34.5 Å². The van der Waals surface area contributed by atoms with Crippen LogP contribution in [0.4, 0.5) is 9.52 Å². The Morgan fingerprint density at radius 2 is 1.89 bits per heavy atom. The first kappa shape index (κ1) is 27.8. The van der Waals surface area contributed by atoms with Crippen molar-refractivity contribution < 1.29 is 23.8 Å². The van der Waals surface area contributed by atoms with Crippen LogP contribution in [-0.2, 0) is 16.1 Å². The molecule has 1 heterocycles. The van der Waals surface area contributed by atoms with E-state index in [1.807, 2.05) is 20.8 Å². The number of hydrogen-bond donors (Lipinski definition) is 2. The zero-order valence-electron chi connectivity index (χ0n) is 20.1. The maximum absolute atomic E-state index is 15.1. The number of nitrogens with one attached hydrogen (secondary N) is 1. The Morgan fingerprint density at radius 1 is 1.22 bits per heavy atom. The number of hydrogen-bond acceptors (Lipinski definition) is 5. The van der Waals surface area contributed by atoms with Crippen molar-refractivity contribution >= 4 is 57.6 Å². The van der Waals surface area contributed by atoms with Crippen LogP contribution in [0, 0.1) is 11.2 Å². The zero-order valence-corrected chi connectivity index (χ0v) is 22.4. The molecule has 0 aliphatic rings. The molecule has 1 amide bonds. The fraction of sp³-hybridized carbons (Fsp3) is 0.269. The molecule has 0 radical (unpaired) electrons. The SMILES string of the molecule is CC(=Cc1c(Cl)cc(C(=O)Nc2nc(-c3cccc(COCC(C)(C)C)c3F)cs2)cc1Cl)C(=O)O. The molecule has 0 fully saturated rings. The maximum Gasteiger partial charge on any atom is 0.331 e. The Balaban J connectivity index is 1.76. The molecule has 6 nitrogen and oxygen atoms in total. The van der Waals surface area contributed by atoms with Crippen molar-refractivity contribution in [3.8, 4) is 11.3 Å². The minimum absolute atomic E-state index is 0.0288. The van der Waals surface area contributed by atoms with Gasteiger partial charge < -0.3 is 9.84 Å². The van der Waals surface area contributed by atoms with Crippen LogP contribution in [0.15, 0.2) is 41.3 Å². The van der Waals surface area contributed by atoms with Crippen molar-refractivity contribution in [2.45, 2.75) is 34.3 Å². The van der Waals surface area contributed by atoms with Crippen LogP contribution in [-0.4, -0.2) is 28.6 Å². The molecule has 2 N–H and O–H groups in total. The third kappa shape index (κ3) is 7.13. The molecule has 1 aromatic heterocycles. The summed E-state index contributed by atoms with van der Waals surface area (Å²) in [5.74, 6) is -2.05. The number of carboxylic acids is 1. The average molecular weight is 551 g/mol. The quantitative estimate of drug-likeness (QED) is 0.282. The molecule has 0 bridgehead atoms. The molecule has 0 spiro atoms. The molecule has 0 saturated carbocycles. The second-order valence-electron chi connectivity index (χ2n) is 9.31. The Labute approximate surface area is 222 Å². The van der Waals surface area contributed by atoms with E-state index in [-0.39, 0.29) is 38.3 Å². The summed E-state index contributed by atoms with van der Waals surface area (Å²) >= 11 is 13.6. The first-order valence-electron chi connectivity index (χ1n) is 10.9. The summed E-state index contributed by atoms with van der Waals surface area (Å²) in [6, 6.07) is 7.80. The van der Waals surface area contributed by atoms with E-state index in [9.17, 15) is 9.59 Å². The second-order valence-corrected chi connectivity index (χ2v) is 11.0. The summed E-state index contributed by atoms with van der Waals surface area (Å²) in [6.45, 7) is 8.17. The molecule has 3 aromatic rings. The van der Waals surface area contributed by atoms with E-state index < -0.39 is 17.7 Å². The van der Waals surface area contributed by atoms with Gasteiger partial charge in [-0.25, -0.2) is 14.2 Å². The predicted octanol–water partition coefficient (Wildman–Crippen LogP) is 7.56. The summed E-state index contributed by atoms with van der Waals surface area (Å²) in [7, 11) is 0. The lowest BCUT2D eigenvalue weighted by Crippen LogP contribution is -2.14. The summed E-state index contributed by atoms with van der Waals surface area (Å²) in [5.41, 5.74) is 1.59. The number of benzene rings is 2. The highest BCUT2D eigenvalue weighted by Crippen LogP contribution is 2.31. The summed E-state index contributed by atoms with van der Waals surface area (Å²) < 4.78 is 20.8. The molecule has 3 rings (SSSR count). The van der Waals surface area contributed by atoms with Crippen LogP contribution in [0.5, 0.6) is 0 Å². The monoisotopic (exact) mass is 550 g/mol. The van der Waals surface area contributed by atoms with E-state index in [0.29, 0.717) is 29.0 Å². The van der Waals surface area contributed by atoms with Gasteiger partial charge in [0.15, 0.2) is 5.13 Å². The number of carboxylic acid groups (broad SMARTS) is 1. The fourth-order valence-electron chi connectivity index (χ4n) is 3.11. The topological polar surface area (TPSA) is 88.5 Å². The number of aliphatic carboxylic acids is 1. The molecule has 36 heavy (non-hydrogen) atoms. The van der Waals surface area contributed by atoms with Gasteiger partial charge in [-0.1, -0.05) is 56.1 Å². The first-order chi connectivity index (χ1) is 16.9. The highest BCUT2D eigenvalue weighted by molar-refractivity contribution is 7.14. The van der Waals surface area contributed by atoms with Crippen LogP contribution in [0.1, 0.15) is 49.2 Å². The molecular formula is C26H25Cl2FN2O4S. The number of anilines is 1. The summed E-state index contributed by atoms with van der Waals surface area (Å²) in [4.78, 5) is 28.2. The van der Waals surface area contributed by atoms with Crippen LogP contribution in [0.2, 0.25) is 10.0 Å². The van der Waals surface area contributed by atoms with Crippen molar-refractivity contribution in [2.75, 3.05) is 11.9 Å². The van der Waals surface area contributed by atoms with E-state index in [4.69, 9.17) is 33.0 Å². The maximum atomic E-state index is 15.1. The Morgan fingerprint density at radius 3 is 2.50 bits per heavy atom. The molecule has 2 aromatic carbocycles. The Hall–Kier alpha value is -2.78. The highest BCUT2D eigenvalue weighted by atomic mass is 35.5. The van der Waals surface area contributed by atoms with E-state index in [0.717, 1.165) is 11.3 Å².